The Labute approximate surface area is 97.2 Å². The van der Waals surface area contributed by atoms with Crippen molar-refractivity contribution in [3.05, 3.63) is 30.1 Å². The zero-order valence-corrected chi connectivity index (χ0v) is 9.06. The van der Waals surface area contributed by atoms with Crippen molar-refractivity contribution in [1.82, 2.24) is 15.3 Å². The lowest BCUT2D eigenvalue weighted by Gasteiger charge is -2.18. The highest BCUT2D eigenvalue weighted by Gasteiger charge is 2.30. The molecule has 0 radical (unpaired) electrons. The van der Waals surface area contributed by atoms with E-state index in [1.807, 2.05) is 24.3 Å². The third kappa shape index (κ3) is 1.69. The van der Waals surface area contributed by atoms with Gasteiger partial charge in [-0.3, -0.25) is 14.9 Å². The number of nitrogens with one attached hydrogen (secondary N) is 2. The lowest BCUT2D eigenvalue weighted by molar-refractivity contribution is -0.134. The lowest BCUT2D eigenvalue weighted by atomic mass is 9.98. The molecule has 1 atom stereocenters. The van der Waals surface area contributed by atoms with Gasteiger partial charge in [0.1, 0.15) is 5.82 Å². The zero-order chi connectivity index (χ0) is 11.8. The van der Waals surface area contributed by atoms with Gasteiger partial charge in [0.05, 0.1) is 17.0 Å². The fraction of sp³-hybridized carbons (Fsp3) is 0.250. The molecule has 0 bridgehead atoms. The maximum absolute atomic E-state index is 11.7. The standard InChI is InChI=1S/C12H11N3O2/c16-10-6-5-7(12(17)15-10)11-13-8-3-1-2-4-9(8)14-11/h1-4,7H,5-6H2,(H,13,14)(H,15,16,17). The van der Waals surface area contributed by atoms with Gasteiger partial charge in [0, 0.05) is 6.42 Å². The van der Waals surface area contributed by atoms with Crippen molar-refractivity contribution in [2.75, 3.05) is 0 Å². The summed E-state index contributed by atoms with van der Waals surface area (Å²) in [6, 6.07) is 7.62. The normalized spacial score (nSPS) is 20.6. The number of fused-ring (bicyclic) bond motifs is 1. The van der Waals surface area contributed by atoms with Gasteiger partial charge < -0.3 is 4.98 Å². The van der Waals surface area contributed by atoms with Crippen LogP contribution in [-0.2, 0) is 9.59 Å². The summed E-state index contributed by atoms with van der Waals surface area (Å²) >= 11 is 0. The molecule has 1 aliphatic rings. The molecule has 5 heteroatoms. The summed E-state index contributed by atoms with van der Waals surface area (Å²) in [6.07, 6.45) is 0.887. The smallest absolute Gasteiger partial charge is 0.237 e. The number of rotatable bonds is 1. The van der Waals surface area contributed by atoms with Gasteiger partial charge in [0.2, 0.25) is 11.8 Å². The van der Waals surface area contributed by atoms with Gasteiger partial charge in [-0.25, -0.2) is 4.98 Å². The van der Waals surface area contributed by atoms with E-state index in [0.29, 0.717) is 18.7 Å². The van der Waals surface area contributed by atoms with E-state index in [4.69, 9.17) is 0 Å². The quantitative estimate of drug-likeness (QED) is 0.718. The van der Waals surface area contributed by atoms with Gasteiger partial charge in [-0.05, 0) is 18.6 Å². The van der Waals surface area contributed by atoms with Crippen LogP contribution in [0.25, 0.3) is 11.0 Å². The summed E-state index contributed by atoms with van der Waals surface area (Å²) in [5.41, 5.74) is 1.75. The molecule has 3 rings (SSSR count). The first kappa shape index (κ1) is 10.0. The fourth-order valence-corrected chi connectivity index (χ4v) is 2.09. The minimum absolute atomic E-state index is 0.206. The molecule has 2 aromatic rings. The van der Waals surface area contributed by atoms with Crippen LogP contribution in [0.2, 0.25) is 0 Å². The summed E-state index contributed by atoms with van der Waals surface area (Å²) in [5, 5.41) is 2.33. The number of aromatic nitrogens is 2. The number of H-pyrrole nitrogens is 1. The second-order valence-electron chi connectivity index (χ2n) is 4.14. The van der Waals surface area contributed by atoms with Crippen LogP contribution in [0, 0.1) is 0 Å². The van der Waals surface area contributed by atoms with E-state index in [9.17, 15) is 9.59 Å². The average molecular weight is 229 g/mol. The van der Waals surface area contributed by atoms with Gasteiger partial charge in [-0.2, -0.15) is 0 Å². The number of imide groups is 1. The van der Waals surface area contributed by atoms with Gasteiger partial charge in [-0.15, -0.1) is 0 Å². The number of hydrogen-bond donors (Lipinski definition) is 2. The summed E-state index contributed by atoms with van der Waals surface area (Å²) < 4.78 is 0. The zero-order valence-electron chi connectivity index (χ0n) is 9.06. The van der Waals surface area contributed by atoms with Crippen molar-refractivity contribution in [3.8, 4) is 0 Å². The minimum Gasteiger partial charge on any atom is -0.341 e. The van der Waals surface area contributed by atoms with E-state index < -0.39 is 0 Å². The molecule has 2 N–H and O–H groups in total. The van der Waals surface area contributed by atoms with Crippen LogP contribution in [-0.4, -0.2) is 21.8 Å². The average Bonchev–Trinajstić information content (AvgIpc) is 2.72. The molecule has 1 unspecified atom stereocenters. The van der Waals surface area contributed by atoms with Crippen LogP contribution >= 0.6 is 0 Å². The molecule has 86 valence electrons. The Bertz CT molecular complexity index is 570. The third-order valence-corrected chi connectivity index (χ3v) is 2.98. The molecule has 1 saturated heterocycles. The Morgan fingerprint density at radius 3 is 2.82 bits per heavy atom. The van der Waals surface area contributed by atoms with Crippen LogP contribution in [0.5, 0.6) is 0 Å². The number of imidazole rings is 1. The Morgan fingerprint density at radius 1 is 1.24 bits per heavy atom. The molecule has 0 saturated carbocycles. The minimum atomic E-state index is -0.347. The fourth-order valence-electron chi connectivity index (χ4n) is 2.09. The van der Waals surface area contributed by atoms with Crippen LogP contribution < -0.4 is 5.32 Å². The van der Waals surface area contributed by atoms with Gasteiger partial charge in [-0.1, -0.05) is 12.1 Å². The molecule has 0 spiro atoms. The molecule has 1 fully saturated rings. The third-order valence-electron chi connectivity index (χ3n) is 2.98. The van der Waals surface area contributed by atoms with Crippen LogP contribution in [0.3, 0.4) is 0 Å². The van der Waals surface area contributed by atoms with Crippen molar-refractivity contribution in [3.63, 3.8) is 0 Å². The van der Waals surface area contributed by atoms with E-state index in [1.54, 1.807) is 0 Å². The largest absolute Gasteiger partial charge is 0.341 e. The van der Waals surface area contributed by atoms with Crippen molar-refractivity contribution in [2.45, 2.75) is 18.8 Å². The summed E-state index contributed by atoms with van der Waals surface area (Å²) in [4.78, 5) is 30.3. The first-order chi connectivity index (χ1) is 8.24. The number of piperidine rings is 1. The van der Waals surface area contributed by atoms with E-state index in [2.05, 4.69) is 15.3 Å². The number of carbonyl (C=O) groups is 2. The van der Waals surface area contributed by atoms with Crippen LogP contribution in [0.15, 0.2) is 24.3 Å². The molecule has 1 aromatic heterocycles. The predicted octanol–water partition coefficient (Wildman–Crippen LogP) is 1.08. The van der Waals surface area contributed by atoms with E-state index in [0.717, 1.165) is 11.0 Å². The first-order valence-corrected chi connectivity index (χ1v) is 5.52. The Balaban J connectivity index is 1.98. The second kappa shape index (κ2) is 3.69. The molecular formula is C12H11N3O2. The Hall–Kier alpha value is -2.17. The van der Waals surface area contributed by atoms with Crippen molar-refractivity contribution in [2.24, 2.45) is 0 Å². The van der Waals surface area contributed by atoms with Crippen molar-refractivity contribution < 1.29 is 9.59 Å². The molecular weight excluding hydrogens is 218 g/mol. The summed E-state index contributed by atoms with van der Waals surface area (Å²) in [6.45, 7) is 0. The topological polar surface area (TPSA) is 74.8 Å². The summed E-state index contributed by atoms with van der Waals surface area (Å²) in [5.74, 6) is -0.182. The van der Waals surface area contributed by atoms with Gasteiger partial charge in [0.25, 0.3) is 0 Å². The molecule has 2 amide bonds. The first-order valence-electron chi connectivity index (χ1n) is 5.52. The number of benzene rings is 1. The lowest BCUT2D eigenvalue weighted by Crippen LogP contribution is -2.39. The predicted molar refractivity (Wildman–Crippen MR) is 61.2 cm³/mol. The van der Waals surface area contributed by atoms with E-state index in [1.165, 1.54) is 0 Å². The van der Waals surface area contributed by atoms with Gasteiger partial charge in [0.15, 0.2) is 0 Å². The number of hydrogen-bond acceptors (Lipinski definition) is 3. The maximum Gasteiger partial charge on any atom is 0.237 e. The monoisotopic (exact) mass is 229 g/mol. The SMILES string of the molecule is O=C1CCC(c2nc3ccccc3[nH]2)C(=O)N1. The Kier molecular flexibility index (Phi) is 2.18. The molecule has 2 heterocycles. The number of amides is 2. The van der Waals surface area contributed by atoms with E-state index >= 15 is 0 Å². The molecule has 0 aliphatic carbocycles. The number of para-hydroxylation sites is 2. The maximum atomic E-state index is 11.7. The summed E-state index contributed by atoms with van der Waals surface area (Å²) in [7, 11) is 0. The number of carbonyl (C=O) groups excluding carboxylic acids is 2. The molecule has 17 heavy (non-hydrogen) atoms. The van der Waals surface area contributed by atoms with E-state index in [-0.39, 0.29) is 17.7 Å². The Morgan fingerprint density at radius 2 is 2.06 bits per heavy atom. The molecule has 1 aliphatic heterocycles. The van der Waals surface area contributed by atoms with Crippen LogP contribution in [0.4, 0.5) is 0 Å². The van der Waals surface area contributed by atoms with Crippen LogP contribution in [0.1, 0.15) is 24.6 Å². The van der Waals surface area contributed by atoms with Crippen molar-refractivity contribution in [1.29, 1.82) is 0 Å². The molecule has 1 aromatic carbocycles. The second-order valence-corrected chi connectivity index (χ2v) is 4.14. The number of nitrogens with zero attached hydrogens (tertiary/aromatic N) is 1. The van der Waals surface area contributed by atoms with Crippen molar-refractivity contribution >= 4 is 22.8 Å². The highest BCUT2D eigenvalue weighted by atomic mass is 16.2. The number of aromatic amines is 1. The van der Waals surface area contributed by atoms with Gasteiger partial charge >= 0.3 is 0 Å². The molecule has 5 nitrogen and oxygen atoms in total. The highest BCUT2D eigenvalue weighted by Crippen LogP contribution is 2.24. The highest BCUT2D eigenvalue weighted by molar-refractivity contribution is 6.00.